The van der Waals surface area contributed by atoms with E-state index < -0.39 is 0 Å². The maximum atomic E-state index is 5.77. The highest BCUT2D eigenvalue weighted by Crippen LogP contribution is 2.25. The quantitative estimate of drug-likeness (QED) is 0.769. The number of hydrogen-bond acceptors (Lipinski definition) is 2. The van der Waals surface area contributed by atoms with Crippen LogP contribution in [0.25, 0.3) is 11.3 Å². The molecule has 1 heterocycles. The molecule has 0 aliphatic heterocycles. The zero-order chi connectivity index (χ0) is 11.0. The summed E-state index contributed by atoms with van der Waals surface area (Å²) in [6, 6.07) is 8.35. The van der Waals surface area contributed by atoms with Crippen LogP contribution in [-0.4, -0.2) is 9.55 Å². The van der Waals surface area contributed by atoms with Gasteiger partial charge in [-0.2, -0.15) is 0 Å². The van der Waals surface area contributed by atoms with Crippen LogP contribution in [0.15, 0.2) is 24.3 Å². The van der Waals surface area contributed by atoms with Crippen LogP contribution in [0.3, 0.4) is 0 Å². The lowest BCUT2D eigenvalue weighted by atomic mass is 10.1. The number of aromatic nitrogens is 2. The van der Waals surface area contributed by atoms with E-state index in [0.717, 1.165) is 11.4 Å². The average molecular weight is 201 g/mol. The molecular formula is C12H15N3. The molecule has 1 aromatic heterocycles. The van der Waals surface area contributed by atoms with Gasteiger partial charge in [0.05, 0.1) is 11.4 Å². The van der Waals surface area contributed by atoms with Gasteiger partial charge in [0.1, 0.15) is 0 Å². The topological polar surface area (TPSA) is 43.8 Å². The van der Waals surface area contributed by atoms with E-state index in [1.165, 1.54) is 11.1 Å². The van der Waals surface area contributed by atoms with E-state index in [4.69, 9.17) is 5.73 Å². The van der Waals surface area contributed by atoms with E-state index in [9.17, 15) is 0 Å². The fourth-order valence-electron chi connectivity index (χ4n) is 1.85. The number of hydrogen-bond donors (Lipinski definition) is 1. The molecule has 15 heavy (non-hydrogen) atoms. The minimum Gasteiger partial charge on any atom is -0.369 e. The van der Waals surface area contributed by atoms with Gasteiger partial charge in [-0.1, -0.05) is 23.8 Å². The summed E-state index contributed by atoms with van der Waals surface area (Å²) in [5, 5.41) is 0. The Bertz CT molecular complexity index is 498. The SMILES string of the molecule is Cc1cccc(-c2c(C)nc(N)n2C)c1. The first-order valence-electron chi connectivity index (χ1n) is 4.95. The van der Waals surface area contributed by atoms with Crippen LogP contribution in [0.4, 0.5) is 5.95 Å². The second-order valence-corrected chi connectivity index (χ2v) is 3.83. The van der Waals surface area contributed by atoms with E-state index in [0.29, 0.717) is 5.95 Å². The van der Waals surface area contributed by atoms with Crippen molar-refractivity contribution in [3.8, 4) is 11.3 Å². The summed E-state index contributed by atoms with van der Waals surface area (Å²) in [6.07, 6.45) is 0. The number of aryl methyl sites for hydroxylation is 2. The molecular weight excluding hydrogens is 186 g/mol. The monoisotopic (exact) mass is 201 g/mol. The average Bonchev–Trinajstić information content (AvgIpc) is 2.41. The second kappa shape index (κ2) is 3.42. The van der Waals surface area contributed by atoms with E-state index in [1.807, 2.05) is 24.6 Å². The van der Waals surface area contributed by atoms with Gasteiger partial charge in [-0.15, -0.1) is 0 Å². The van der Waals surface area contributed by atoms with Crippen LogP contribution in [0, 0.1) is 13.8 Å². The predicted octanol–water partition coefficient (Wildman–Crippen LogP) is 2.29. The number of nitrogens with zero attached hydrogens (tertiary/aromatic N) is 2. The molecule has 3 heteroatoms. The summed E-state index contributed by atoms with van der Waals surface area (Å²) >= 11 is 0. The highest BCUT2D eigenvalue weighted by molar-refractivity contribution is 5.65. The van der Waals surface area contributed by atoms with Crippen molar-refractivity contribution >= 4 is 5.95 Å². The van der Waals surface area contributed by atoms with E-state index >= 15 is 0 Å². The van der Waals surface area contributed by atoms with E-state index in [2.05, 4.69) is 30.1 Å². The van der Waals surface area contributed by atoms with Crippen LogP contribution < -0.4 is 5.73 Å². The Balaban J connectivity index is 2.63. The third kappa shape index (κ3) is 1.61. The lowest BCUT2D eigenvalue weighted by Gasteiger charge is -2.05. The van der Waals surface area contributed by atoms with Crippen molar-refractivity contribution in [2.75, 3.05) is 5.73 Å². The van der Waals surface area contributed by atoms with Crippen LogP contribution >= 0.6 is 0 Å². The number of nitrogens with two attached hydrogens (primary N) is 1. The molecule has 0 amide bonds. The third-order valence-electron chi connectivity index (χ3n) is 2.60. The molecule has 78 valence electrons. The summed E-state index contributed by atoms with van der Waals surface area (Å²) in [6.45, 7) is 4.06. The number of benzene rings is 1. The molecule has 0 saturated heterocycles. The Morgan fingerprint density at radius 2 is 2.00 bits per heavy atom. The molecule has 2 aromatic rings. The van der Waals surface area contributed by atoms with Crippen molar-refractivity contribution in [2.45, 2.75) is 13.8 Å². The van der Waals surface area contributed by atoms with Crippen LogP contribution in [0.5, 0.6) is 0 Å². The fourth-order valence-corrected chi connectivity index (χ4v) is 1.85. The maximum Gasteiger partial charge on any atom is 0.200 e. The molecule has 0 spiro atoms. The van der Waals surface area contributed by atoms with Gasteiger partial charge in [0.15, 0.2) is 0 Å². The molecule has 0 atom stereocenters. The lowest BCUT2D eigenvalue weighted by molar-refractivity contribution is 0.937. The molecule has 0 unspecified atom stereocenters. The predicted molar refractivity (Wildman–Crippen MR) is 62.5 cm³/mol. The van der Waals surface area contributed by atoms with E-state index in [-0.39, 0.29) is 0 Å². The first-order chi connectivity index (χ1) is 7.09. The summed E-state index contributed by atoms with van der Waals surface area (Å²) in [5.74, 6) is 0.559. The van der Waals surface area contributed by atoms with Crippen molar-refractivity contribution in [3.05, 3.63) is 35.5 Å². The maximum absolute atomic E-state index is 5.77. The van der Waals surface area contributed by atoms with Gasteiger partial charge in [-0.05, 0) is 19.9 Å². The van der Waals surface area contributed by atoms with Gasteiger partial charge in [0, 0.05) is 12.6 Å². The van der Waals surface area contributed by atoms with Crippen molar-refractivity contribution in [2.24, 2.45) is 7.05 Å². The first kappa shape index (κ1) is 9.77. The van der Waals surface area contributed by atoms with Crippen molar-refractivity contribution in [1.82, 2.24) is 9.55 Å². The minimum absolute atomic E-state index is 0.559. The van der Waals surface area contributed by atoms with Crippen molar-refractivity contribution in [3.63, 3.8) is 0 Å². The molecule has 2 N–H and O–H groups in total. The molecule has 2 rings (SSSR count). The van der Waals surface area contributed by atoms with Crippen LogP contribution in [0.2, 0.25) is 0 Å². The Labute approximate surface area is 89.6 Å². The Kier molecular flexibility index (Phi) is 2.23. The molecule has 3 nitrogen and oxygen atoms in total. The van der Waals surface area contributed by atoms with Gasteiger partial charge >= 0.3 is 0 Å². The van der Waals surface area contributed by atoms with Crippen molar-refractivity contribution < 1.29 is 0 Å². The standard InChI is InChI=1S/C12H15N3/c1-8-5-4-6-10(7-8)11-9(2)14-12(13)15(11)3/h4-7H,1-3H3,(H2,13,14). The van der Waals surface area contributed by atoms with Crippen molar-refractivity contribution in [1.29, 1.82) is 0 Å². The number of nitrogen functional groups attached to an aromatic ring is 1. The minimum atomic E-state index is 0.559. The Hall–Kier alpha value is -1.77. The van der Waals surface area contributed by atoms with Gasteiger partial charge in [0.25, 0.3) is 0 Å². The normalized spacial score (nSPS) is 10.6. The molecule has 0 fully saturated rings. The number of imidazole rings is 1. The Morgan fingerprint density at radius 3 is 2.53 bits per heavy atom. The van der Waals surface area contributed by atoms with E-state index in [1.54, 1.807) is 0 Å². The highest BCUT2D eigenvalue weighted by Gasteiger charge is 2.10. The summed E-state index contributed by atoms with van der Waals surface area (Å²) in [5.41, 5.74) is 10.2. The van der Waals surface area contributed by atoms with Gasteiger partial charge in [-0.3, -0.25) is 0 Å². The second-order valence-electron chi connectivity index (χ2n) is 3.83. The highest BCUT2D eigenvalue weighted by atomic mass is 15.1. The lowest BCUT2D eigenvalue weighted by Crippen LogP contribution is -1.98. The summed E-state index contributed by atoms with van der Waals surface area (Å²) in [4.78, 5) is 4.26. The zero-order valence-electron chi connectivity index (χ0n) is 9.28. The number of rotatable bonds is 1. The fraction of sp³-hybridized carbons (Fsp3) is 0.250. The number of anilines is 1. The first-order valence-corrected chi connectivity index (χ1v) is 4.95. The Morgan fingerprint density at radius 1 is 1.27 bits per heavy atom. The van der Waals surface area contributed by atoms with Gasteiger partial charge in [-0.25, -0.2) is 4.98 Å². The van der Waals surface area contributed by atoms with Crippen LogP contribution in [0.1, 0.15) is 11.3 Å². The smallest absolute Gasteiger partial charge is 0.200 e. The molecule has 0 bridgehead atoms. The molecule has 0 saturated carbocycles. The molecule has 1 aromatic carbocycles. The van der Waals surface area contributed by atoms with Crippen LogP contribution in [-0.2, 0) is 7.05 Å². The zero-order valence-corrected chi connectivity index (χ0v) is 9.28. The van der Waals surface area contributed by atoms with Gasteiger partial charge < -0.3 is 10.3 Å². The molecule has 0 radical (unpaired) electrons. The summed E-state index contributed by atoms with van der Waals surface area (Å²) < 4.78 is 1.92. The molecule has 0 aliphatic carbocycles. The van der Waals surface area contributed by atoms with Gasteiger partial charge in [0.2, 0.25) is 5.95 Å². The largest absolute Gasteiger partial charge is 0.369 e. The summed E-state index contributed by atoms with van der Waals surface area (Å²) in [7, 11) is 1.94. The third-order valence-corrected chi connectivity index (χ3v) is 2.60. The molecule has 0 aliphatic rings.